The highest BCUT2D eigenvalue weighted by Gasteiger charge is 2.16. The molecule has 0 spiro atoms. The van der Waals surface area contributed by atoms with Gasteiger partial charge in [0.1, 0.15) is 10.8 Å². The van der Waals surface area contributed by atoms with Gasteiger partial charge >= 0.3 is 0 Å². The number of hydrogen-bond acceptors (Lipinski definition) is 4. The highest BCUT2D eigenvalue weighted by molar-refractivity contribution is 6.32. The van der Waals surface area contributed by atoms with Gasteiger partial charge in [-0.3, -0.25) is 19.6 Å². The molecule has 26 heavy (non-hydrogen) atoms. The van der Waals surface area contributed by atoms with Gasteiger partial charge in [-0.2, -0.15) is 5.10 Å². The van der Waals surface area contributed by atoms with Gasteiger partial charge in [-0.1, -0.05) is 23.7 Å². The molecule has 0 aliphatic carbocycles. The zero-order chi connectivity index (χ0) is 18.7. The van der Waals surface area contributed by atoms with E-state index in [1.165, 1.54) is 30.5 Å². The monoisotopic (exact) mass is 374 g/mol. The van der Waals surface area contributed by atoms with Crippen LogP contribution in [-0.4, -0.2) is 20.6 Å². The molecule has 0 aliphatic rings. The average Bonchev–Trinajstić information content (AvgIpc) is 3.04. The molecular weight excluding hydrogens is 363 g/mol. The number of carbonyl (C=O) groups excluding carboxylic acids is 1. The number of halogens is 2. The van der Waals surface area contributed by atoms with Crippen LogP contribution in [0.25, 0.3) is 0 Å². The number of amides is 1. The molecule has 0 aliphatic heterocycles. The summed E-state index contributed by atoms with van der Waals surface area (Å²) in [6.07, 6.45) is 3.05. The first-order valence-corrected chi connectivity index (χ1v) is 7.82. The average molecular weight is 375 g/mol. The molecule has 0 bridgehead atoms. The number of carbonyl (C=O) groups is 1. The van der Waals surface area contributed by atoms with E-state index in [9.17, 15) is 19.3 Å². The van der Waals surface area contributed by atoms with Crippen molar-refractivity contribution in [1.29, 1.82) is 0 Å². The quantitative estimate of drug-likeness (QED) is 0.542. The molecule has 1 aromatic heterocycles. The van der Waals surface area contributed by atoms with Gasteiger partial charge in [0, 0.05) is 17.8 Å². The van der Waals surface area contributed by atoms with Crippen LogP contribution in [-0.2, 0) is 6.54 Å². The van der Waals surface area contributed by atoms with Gasteiger partial charge in [0.05, 0.1) is 23.4 Å². The van der Waals surface area contributed by atoms with Gasteiger partial charge in [0.25, 0.3) is 11.6 Å². The van der Waals surface area contributed by atoms with Crippen LogP contribution < -0.4 is 5.32 Å². The number of nitro groups is 1. The number of nitrogens with zero attached hydrogens (tertiary/aromatic N) is 3. The molecule has 0 saturated carbocycles. The van der Waals surface area contributed by atoms with Crippen LogP contribution in [0, 0.1) is 15.9 Å². The number of hydrogen-bond donors (Lipinski definition) is 1. The van der Waals surface area contributed by atoms with Crippen molar-refractivity contribution in [2.45, 2.75) is 6.54 Å². The fourth-order valence-electron chi connectivity index (χ4n) is 2.29. The van der Waals surface area contributed by atoms with Crippen molar-refractivity contribution in [2.75, 3.05) is 5.32 Å². The van der Waals surface area contributed by atoms with Crippen molar-refractivity contribution in [1.82, 2.24) is 9.78 Å². The van der Waals surface area contributed by atoms with Crippen LogP contribution in [0.1, 0.15) is 15.9 Å². The summed E-state index contributed by atoms with van der Waals surface area (Å²) >= 11 is 5.74. The minimum Gasteiger partial charge on any atom is -0.319 e. The fraction of sp³-hybridized carbons (Fsp3) is 0.0588. The minimum atomic E-state index is -0.653. The summed E-state index contributed by atoms with van der Waals surface area (Å²) in [6.45, 7) is 0.405. The predicted molar refractivity (Wildman–Crippen MR) is 93.8 cm³/mol. The zero-order valence-corrected chi connectivity index (χ0v) is 14.0. The van der Waals surface area contributed by atoms with Gasteiger partial charge in [-0.15, -0.1) is 0 Å². The van der Waals surface area contributed by atoms with E-state index in [0.717, 1.165) is 11.6 Å². The highest BCUT2D eigenvalue weighted by Crippen LogP contribution is 2.25. The first-order chi connectivity index (χ1) is 12.4. The smallest absolute Gasteiger partial charge is 0.288 e. The number of aromatic nitrogens is 2. The van der Waals surface area contributed by atoms with Crippen LogP contribution in [0.2, 0.25) is 5.02 Å². The Morgan fingerprint density at radius 1 is 1.27 bits per heavy atom. The summed E-state index contributed by atoms with van der Waals surface area (Å²) in [6, 6.07) is 9.80. The van der Waals surface area contributed by atoms with Crippen molar-refractivity contribution in [3.63, 3.8) is 0 Å². The number of anilines is 1. The van der Waals surface area contributed by atoms with E-state index >= 15 is 0 Å². The van der Waals surface area contributed by atoms with Crippen LogP contribution >= 0.6 is 11.6 Å². The van der Waals surface area contributed by atoms with Crippen LogP contribution in [0.4, 0.5) is 15.8 Å². The Morgan fingerprint density at radius 2 is 2.00 bits per heavy atom. The molecule has 0 unspecified atom stereocenters. The first-order valence-electron chi connectivity index (χ1n) is 7.44. The normalized spacial score (nSPS) is 10.5. The van der Waals surface area contributed by atoms with E-state index in [-0.39, 0.29) is 22.1 Å². The van der Waals surface area contributed by atoms with Gasteiger partial charge in [0.2, 0.25) is 0 Å². The second-order valence-electron chi connectivity index (χ2n) is 5.43. The first kappa shape index (κ1) is 17.6. The predicted octanol–water partition coefficient (Wildman–Crippen LogP) is 3.88. The maximum Gasteiger partial charge on any atom is 0.288 e. The third-order valence-electron chi connectivity index (χ3n) is 3.55. The lowest BCUT2D eigenvalue weighted by Gasteiger charge is -2.04. The highest BCUT2D eigenvalue weighted by atomic mass is 35.5. The molecule has 0 fully saturated rings. The number of nitrogens with one attached hydrogen (secondary N) is 1. The SMILES string of the molecule is O=C(Nc1cnn(Cc2ccc(F)cc2)c1)c1ccc(Cl)c([N+](=O)[O-])c1. The van der Waals surface area contributed by atoms with E-state index < -0.39 is 10.8 Å². The molecule has 132 valence electrons. The summed E-state index contributed by atoms with van der Waals surface area (Å²) in [5, 5.41) is 17.6. The molecule has 3 rings (SSSR count). The Kier molecular flexibility index (Phi) is 4.94. The largest absolute Gasteiger partial charge is 0.319 e. The second kappa shape index (κ2) is 7.32. The van der Waals surface area contributed by atoms with E-state index in [4.69, 9.17) is 11.6 Å². The molecule has 1 N–H and O–H groups in total. The number of rotatable bonds is 5. The van der Waals surface area contributed by atoms with Crippen molar-refractivity contribution in [3.05, 3.63) is 86.9 Å². The molecule has 7 nitrogen and oxygen atoms in total. The number of benzene rings is 2. The fourth-order valence-corrected chi connectivity index (χ4v) is 2.48. The maximum absolute atomic E-state index is 12.9. The lowest BCUT2D eigenvalue weighted by molar-refractivity contribution is -0.384. The Balaban J connectivity index is 1.70. The molecule has 0 radical (unpaired) electrons. The van der Waals surface area contributed by atoms with Crippen molar-refractivity contribution < 1.29 is 14.1 Å². The molecule has 0 saturated heterocycles. The van der Waals surface area contributed by atoms with Gasteiger partial charge in [0.15, 0.2) is 0 Å². The third-order valence-corrected chi connectivity index (χ3v) is 3.87. The summed E-state index contributed by atoms with van der Waals surface area (Å²) in [4.78, 5) is 22.5. The van der Waals surface area contributed by atoms with Gasteiger partial charge in [-0.05, 0) is 29.8 Å². The lowest BCUT2D eigenvalue weighted by Crippen LogP contribution is -2.11. The van der Waals surface area contributed by atoms with Crippen LogP contribution in [0.5, 0.6) is 0 Å². The minimum absolute atomic E-state index is 0.0429. The van der Waals surface area contributed by atoms with E-state index in [1.54, 1.807) is 23.0 Å². The summed E-state index contributed by atoms with van der Waals surface area (Å²) < 4.78 is 14.5. The number of nitro benzene ring substituents is 1. The standard InChI is InChI=1S/C17H12ClFN4O3/c18-15-6-3-12(7-16(15)23(25)26)17(24)21-14-8-20-22(10-14)9-11-1-4-13(19)5-2-11/h1-8,10H,9H2,(H,21,24). The molecule has 1 heterocycles. The Hall–Kier alpha value is -3.26. The Labute approximate surface area is 152 Å². The van der Waals surface area contributed by atoms with Gasteiger partial charge < -0.3 is 5.32 Å². The lowest BCUT2D eigenvalue weighted by atomic mass is 10.2. The van der Waals surface area contributed by atoms with E-state index in [0.29, 0.717) is 12.2 Å². The zero-order valence-electron chi connectivity index (χ0n) is 13.2. The summed E-state index contributed by atoms with van der Waals surface area (Å²) in [5.41, 5.74) is 1.04. The van der Waals surface area contributed by atoms with Crippen LogP contribution in [0.15, 0.2) is 54.9 Å². The Morgan fingerprint density at radius 3 is 2.69 bits per heavy atom. The van der Waals surface area contributed by atoms with Crippen molar-refractivity contribution in [2.24, 2.45) is 0 Å². The Bertz CT molecular complexity index is 972. The molecule has 9 heteroatoms. The van der Waals surface area contributed by atoms with Crippen molar-refractivity contribution in [3.8, 4) is 0 Å². The molecule has 1 amide bonds. The summed E-state index contributed by atoms with van der Waals surface area (Å²) in [5.74, 6) is -0.842. The molecule has 0 atom stereocenters. The van der Waals surface area contributed by atoms with Crippen molar-refractivity contribution >= 4 is 28.9 Å². The summed E-state index contributed by atoms with van der Waals surface area (Å²) in [7, 11) is 0. The second-order valence-corrected chi connectivity index (χ2v) is 5.84. The van der Waals surface area contributed by atoms with E-state index in [1.807, 2.05) is 0 Å². The molecular formula is C17H12ClFN4O3. The van der Waals surface area contributed by atoms with Gasteiger partial charge in [-0.25, -0.2) is 4.39 Å². The maximum atomic E-state index is 12.9. The third kappa shape index (κ3) is 4.04. The van der Waals surface area contributed by atoms with E-state index in [2.05, 4.69) is 10.4 Å². The molecule has 2 aromatic carbocycles. The topological polar surface area (TPSA) is 90.1 Å². The van der Waals surface area contributed by atoms with Crippen LogP contribution in [0.3, 0.4) is 0 Å². The molecule has 3 aromatic rings.